The molecule has 1 aromatic carbocycles. The number of benzene rings is 1. The Kier molecular flexibility index (Phi) is 4.00. The lowest BCUT2D eigenvalue weighted by atomic mass is 9.99. The number of para-hydroxylation sites is 1. The van der Waals surface area contributed by atoms with Gasteiger partial charge in [-0.15, -0.1) is 11.3 Å². The Balaban J connectivity index is 1.89. The highest BCUT2D eigenvalue weighted by Crippen LogP contribution is 2.33. The van der Waals surface area contributed by atoms with Crippen molar-refractivity contribution in [3.8, 4) is 10.7 Å². The fraction of sp³-hybridized carbons (Fsp3) is 0.368. The summed E-state index contributed by atoms with van der Waals surface area (Å²) in [6.45, 7) is 3.38. The summed E-state index contributed by atoms with van der Waals surface area (Å²) in [6.07, 6.45) is 5.02. The third kappa shape index (κ3) is 2.72. The van der Waals surface area contributed by atoms with E-state index in [4.69, 9.17) is 9.97 Å². The van der Waals surface area contributed by atoms with Crippen molar-refractivity contribution in [2.24, 2.45) is 0 Å². The summed E-state index contributed by atoms with van der Waals surface area (Å²) in [4.78, 5) is 13.4. The predicted molar refractivity (Wildman–Crippen MR) is 98.1 cm³/mol. The van der Waals surface area contributed by atoms with Gasteiger partial charge in [-0.1, -0.05) is 25.1 Å². The van der Waals surface area contributed by atoms with E-state index in [1.54, 1.807) is 11.3 Å². The Hall–Kier alpha value is -1.94. The van der Waals surface area contributed by atoms with Crippen LogP contribution in [0.1, 0.15) is 32.6 Å². The number of piperidine rings is 1. The smallest absolute Gasteiger partial charge is 0.172 e. The Morgan fingerprint density at radius 1 is 1.13 bits per heavy atom. The molecule has 0 spiro atoms. The molecule has 1 aliphatic heterocycles. The van der Waals surface area contributed by atoms with Gasteiger partial charge in [0.1, 0.15) is 5.82 Å². The minimum absolute atomic E-state index is 0.596. The van der Waals surface area contributed by atoms with E-state index in [9.17, 15) is 0 Å². The van der Waals surface area contributed by atoms with E-state index < -0.39 is 0 Å². The molecule has 3 nitrogen and oxygen atoms in total. The quantitative estimate of drug-likeness (QED) is 0.669. The SMILES string of the molecule is CC[C@@H]1CCCCN1c1nc(-c2cccs2)nc2ccccc12. The van der Waals surface area contributed by atoms with Crippen LogP contribution in [0.4, 0.5) is 5.82 Å². The Bertz CT molecular complexity index is 797. The molecule has 4 heteroatoms. The van der Waals surface area contributed by atoms with Crippen LogP contribution in [-0.2, 0) is 0 Å². The first-order chi connectivity index (χ1) is 11.4. The minimum atomic E-state index is 0.596. The van der Waals surface area contributed by atoms with Crippen LogP contribution in [0.3, 0.4) is 0 Å². The highest BCUT2D eigenvalue weighted by atomic mass is 32.1. The number of nitrogens with zero attached hydrogens (tertiary/aromatic N) is 3. The monoisotopic (exact) mass is 323 g/mol. The lowest BCUT2D eigenvalue weighted by Gasteiger charge is -2.36. The summed E-state index contributed by atoms with van der Waals surface area (Å²) in [5, 5.41) is 3.26. The largest absolute Gasteiger partial charge is 0.353 e. The van der Waals surface area contributed by atoms with Crippen LogP contribution >= 0.6 is 11.3 Å². The van der Waals surface area contributed by atoms with Crippen molar-refractivity contribution in [1.29, 1.82) is 0 Å². The fourth-order valence-electron chi connectivity index (χ4n) is 3.50. The summed E-state index contributed by atoms with van der Waals surface area (Å²) in [5.74, 6) is 1.97. The molecule has 1 aliphatic rings. The van der Waals surface area contributed by atoms with E-state index in [0.29, 0.717) is 6.04 Å². The molecular formula is C19H21N3S. The number of aromatic nitrogens is 2. The van der Waals surface area contributed by atoms with Gasteiger partial charge in [-0.3, -0.25) is 0 Å². The van der Waals surface area contributed by atoms with Crippen LogP contribution in [0.5, 0.6) is 0 Å². The van der Waals surface area contributed by atoms with Gasteiger partial charge in [-0.05, 0) is 49.3 Å². The van der Waals surface area contributed by atoms with Gasteiger partial charge in [0.05, 0.1) is 10.4 Å². The second kappa shape index (κ2) is 6.28. The third-order valence-corrected chi connectivity index (χ3v) is 5.56. The standard InChI is InChI=1S/C19H21N3S/c1-2-14-8-5-6-12-22(14)19-15-9-3-4-10-16(15)20-18(21-19)17-11-7-13-23-17/h3-4,7,9-11,13-14H,2,5-6,8,12H2,1H3/t14-/m1/s1. The van der Waals surface area contributed by atoms with Crippen LogP contribution in [0.25, 0.3) is 21.6 Å². The van der Waals surface area contributed by atoms with Gasteiger partial charge in [0.2, 0.25) is 0 Å². The summed E-state index contributed by atoms with van der Waals surface area (Å²) in [5.41, 5.74) is 1.04. The molecule has 4 rings (SSSR count). The maximum atomic E-state index is 4.99. The van der Waals surface area contributed by atoms with Crippen molar-refractivity contribution in [3.05, 3.63) is 41.8 Å². The highest BCUT2D eigenvalue weighted by Gasteiger charge is 2.24. The number of thiophene rings is 1. The zero-order valence-corrected chi connectivity index (χ0v) is 14.2. The first-order valence-corrected chi connectivity index (χ1v) is 9.32. The van der Waals surface area contributed by atoms with Crippen molar-refractivity contribution in [2.75, 3.05) is 11.4 Å². The lowest BCUT2D eigenvalue weighted by molar-refractivity contribution is 0.448. The van der Waals surface area contributed by atoms with Gasteiger partial charge >= 0.3 is 0 Å². The summed E-state index contributed by atoms with van der Waals surface area (Å²) in [7, 11) is 0. The van der Waals surface area contributed by atoms with Gasteiger partial charge in [-0.2, -0.15) is 0 Å². The van der Waals surface area contributed by atoms with E-state index in [2.05, 4.69) is 53.6 Å². The molecule has 118 valence electrons. The van der Waals surface area contributed by atoms with Crippen molar-refractivity contribution in [2.45, 2.75) is 38.6 Å². The molecule has 0 radical (unpaired) electrons. The molecule has 2 aromatic heterocycles. The molecule has 0 bridgehead atoms. The third-order valence-electron chi connectivity index (χ3n) is 4.70. The van der Waals surface area contributed by atoms with Crippen molar-refractivity contribution >= 4 is 28.1 Å². The zero-order chi connectivity index (χ0) is 15.6. The molecule has 3 heterocycles. The number of hydrogen-bond acceptors (Lipinski definition) is 4. The van der Waals surface area contributed by atoms with Crippen LogP contribution < -0.4 is 4.90 Å². The predicted octanol–water partition coefficient (Wildman–Crippen LogP) is 5.13. The molecule has 0 unspecified atom stereocenters. The van der Waals surface area contributed by atoms with E-state index in [-0.39, 0.29) is 0 Å². The molecule has 0 aliphatic carbocycles. The molecule has 0 N–H and O–H groups in total. The van der Waals surface area contributed by atoms with Crippen LogP contribution in [0.2, 0.25) is 0 Å². The van der Waals surface area contributed by atoms with E-state index in [1.165, 1.54) is 31.1 Å². The second-order valence-corrected chi connectivity index (χ2v) is 7.06. The molecule has 0 amide bonds. The fourth-order valence-corrected chi connectivity index (χ4v) is 4.16. The first kappa shape index (κ1) is 14.6. The van der Waals surface area contributed by atoms with Crippen LogP contribution in [0, 0.1) is 0 Å². The summed E-state index contributed by atoms with van der Waals surface area (Å²) >= 11 is 1.70. The van der Waals surface area contributed by atoms with E-state index in [0.717, 1.165) is 28.6 Å². The number of hydrogen-bond donors (Lipinski definition) is 0. The van der Waals surface area contributed by atoms with Crippen LogP contribution in [-0.4, -0.2) is 22.6 Å². The normalized spacial score (nSPS) is 18.5. The van der Waals surface area contributed by atoms with Gasteiger partial charge in [0.25, 0.3) is 0 Å². The molecule has 1 saturated heterocycles. The Labute approximate surface area is 141 Å². The van der Waals surface area contributed by atoms with Gasteiger partial charge in [0, 0.05) is 18.0 Å². The van der Waals surface area contributed by atoms with Crippen LogP contribution in [0.15, 0.2) is 41.8 Å². The molecule has 0 saturated carbocycles. The molecular weight excluding hydrogens is 302 g/mol. The molecule has 1 fully saturated rings. The average Bonchev–Trinajstić information content (AvgIpc) is 3.15. The number of anilines is 1. The highest BCUT2D eigenvalue weighted by molar-refractivity contribution is 7.13. The summed E-state index contributed by atoms with van der Waals surface area (Å²) < 4.78 is 0. The summed E-state index contributed by atoms with van der Waals surface area (Å²) in [6, 6.07) is 13.2. The Morgan fingerprint density at radius 2 is 2.04 bits per heavy atom. The maximum Gasteiger partial charge on any atom is 0.172 e. The van der Waals surface area contributed by atoms with Crippen molar-refractivity contribution in [1.82, 2.24) is 9.97 Å². The molecule has 3 aromatic rings. The topological polar surface area (TPSA) is 29.0 Å². The maximum absolute atomic E-state index is 4.99. The average molecular weight is 323 g/mol. The van der Waals surface area contributed by atoms with Gasteiger partial charge in [-0.25, -0.2) is 9.97 Å². The zero-order valence-electron chi connectivity index (χ0n) is 13.4. The number of rotatable bonds is 3. The lowest BCUT2D eigenvalue weighted by Crippen LogP contribution is -2.39. The van der Waals surface area contributed by atoms with Crippen molar-refractivity contribution in [3.63, 3.8) is 0 Å². The minimum Gasteiger partial charge on any atom is -0.353 e. The van der Waals surface area contributed by atoms with Gasteiger partial charge < -0.3 is 4.90 Å². The van der Waals surface area contributed by atoms with Crippen molar-refractivity contribution < 1.29 is 0 Å². The molecule has 1 atom stereocenters. The Morgan fingerprint density at radius 3 is 2.87 bits per heavy atom. The van der Waals surface area contributed by atoms with Gasteiger partial charge in [0.15, 0.2) is 5.82 Å². The molecule has 23 heavy (non-hydrogen) atoms. The number of fused-ring (bicyclic) bond motifs is 1. The first-order valence-electron chi connectivity index (χ1n) is 8.44. The van der Waals surface area contributed by atoms with E-state index >= 15 is 0 Å². The van der Waals surface area contributed by atoms with E-state index in [1.807, 2.05) is 0 Å². The second-order valence-electron chi connectivity index (χ2n) is 6.12.